The zero-order valence-electron chi connectivity index (χ0n) is 72.5. The number of para-hydroxylation sites is 3. The van der Waals surface area contributed by atoms with E-state index in [4.69, 9.17) is 48.1 Å². The maximum absolute atomic E-state index is 7.05. The van der Waals surface area contributed by atoms with Gasteiger partial charge in [0.25, 0.3) is 0 Å². The Morgan fingerprint density at radius 3 is 0.919 bits per heavy atom. The summed E-state index contributed by atoms with van der Waals surface area (Å²) in [6, 6.07) is 155. The summed E-state index contributed by atoms with van der Waals surface area (Å²) in [7, 11) is 0. The molecule has 0 amide bonds. The van der Waals surface area contributed by atoms with Gasteiger partial charge in [0.15, 0.2) is 34.8 Å². The van der Waals surface area contributed by atoms with E-state index in [9.17, 15) is 0 Å². The zero-order valence-corrected chi connectivity index (χ0v) is 72.5. The fraction of sp³-hybridized carbons (Fsp3) is 0. The third-order valence-corrected chi connectivity index (χ3v) is 26.9. The van der Waals surface area contributed by atoms with E-state index in [1.165, 1.54) is 72.1 Å². The average molecular weight is 1720 g/mol. The van der Waals surface area contributed by atoms with Gasteiger partial charge in [-0.05, 0) is 153 Å². The predicted molar refractivity (Wildman–Crippen MR) is 551 cm³/mol. The van der Waals surface area contributed by atoms with Gasteiger partial charge in [-0.1, -0.05) is 400 Å². The number of fused-ring (bicyclic) bond motifs is 24. The Kier molecular flexibility index (Phi) is 17.8. The van der Waals surface area contributed by atoms with Gasteiger partial charge >= 0.3 is 0 Å². The Hall–Kier alpha value is -18.3. The van der Waals surface area contributed by atoms with Crippen LogP contribution in [0.1, 0.15) is 0 Å². The molecule has 3 aliphatic rings. The Labute approximate surface area is 774 Å². The molecule has 0 radical (unpaired) electrons. The SMILES string of the molecule is c1ccc(-c2nc(-c3ccc(-c4oc5c6c(cc7ccccc75)-c5ccccc5-c5ccccc5-c46)cc3)nc(-c3ccc4ccccc4c3)n2)cc1.c1ccc(-c2nc(-c3oc4c5c(cc6ccccc64)-c4ccccc4-c4ccccc4-c35)nc3ccccc23)cc1.c1ccc(-c2nc3ccccc3nc2-c2oc3c4c(cc5ccccc53)-c3ccccc3-c3ccccc3-c24)cc1. The second-order valence-electron chi connectivity index (χ2n) is 34.6. The Balaban J connectivity index is 0.000000104. The Morgan fingerprint density at radius 1 is 0.148 bits per heavy atom. The lowest BCUT2D eigenvalue weighted by Crippen LogP contribution is -2.00. The van der Waals surface area contributed by atoms with Gasteiger partial charge in [0.05, 0.1) is 22.2 Å². The highest BCUT2D eigenvalue weighted by atomic mass is 16.3. The zero-order chi connectivity index (χ0) is 88.7. The van der Waals surface area contributed by atoms with E-state index in [0.29, 0.717) is 29.1 Å². The molecule has 26 aromatic rings. The van der Waals surface area contributed by atoms with Gasteiger partial charge in [0.1, 0.15) is 33.9 Å². The quantitative estimate of drug-likeness (QED) is 0.145. The van der Waals surface area contributed by atoms with Crippen LogP contribution in [0.25, 0.3) is 289 Å². The molecule has 20 aromatic carbocycles. The topological polar surface area (TPSA) is 130 Å². The molecule has 0 N–H and O–H groups in total. The summed E-state index contributed by atoms with van der Waals surface area (Å²) in [6.45, 7) is 0. The summed E-state index contributed by atoms with van der Waals surface area (Å²) in [4.78, 5) is 35.8. The molecule has 0 saturated carbocycles. The van der Waals surface area contributed by atoms with Crippen molar-refractivity contribution < 1.29 is 13.3 Å². The van der Waals surface area contributed by atoms with Crippen molar-refractivity contribution in [3.63, 3.8) is 0 Å². The van der Waals surface area contributed by atoms with Crippen molar-refractivity contribution in [3.8, 4) is 191 Å². The van der Waals surface area contributed by atoms with Gasteiger partial charge in [-0.15, -0.1) is 0 Å². The van der Waals surface area contributed by atoms with Crippen LogP contribution >= 0.6 is 0 Å². The van der Waals surface area contributed by atoms with Gasteiger partial charge in [-0.3, -0.25) is 0 Å². The normalized spacial score (nSPS) is 11.9. The third-order valence-electron chi connectivity index (χ3n) is 26.9. The summed E-state index contributed by atoms with van der Waals surface area (Å²) < 4.78 is 21.0. The van der Waals surface area contributed by atoms with Crippen LogP contribution in [0.3, 0.4) is 0 Å². The maximum Gasteiger partial charge on any atom is 0.197 e. The summed E-state index contributed by atoms with van der Waals surface area (Å²) in [6.07, 6.45) is 0. The van der Waals surface area contributed by atoms with Gasteiger partial charge in [-0.2, -0.15) is 0 Å². The van der Waals surface area contributed by atoms with Crippen LogP contribution in [-0.2, 0) is 0 Å². The molecule has 3 aliphatic carbocycles. The lowest BCUT2D eigenvalue weighted by molar-refractivity contribution is 0.630. The molecule has 0 fully saturated rings. The standard InChI is InChI=1S/C49H29N3O.2C38H22N2O/c1-2-13-32(14-3-1)47-50-48(52-49(51-47)36-27-22-30-12-4-5-15-34(30)28-36)33-25-23-31(24-26-33)45-43-41-21-11-10-19-39(41)38-18-8-9-20-40(38)42-29-35-16-6-7-17-37(35)46(53-45)44(42)43;1-2-12-23(13-3-1)35-36(40-32-21-11-10-20-31(32)39-35)38-33-29-19-9-8-17-27(29)26-16-6-7-18-28(26)30-22-24-14-4-5-15-25(24)37(41-38)34(30)33;1-2-12-23(13-3-1)35-30-20-10-11-21-32(30)39-38(40-35)37-33-29-19-9-8-17-27(29)26-16-6-7-18-28(26)31-22-24-14-4-5-15-25(24)36(41-37)34(31)33/h1-29H;2*1-22H. The Morgan fingerprint density at radius 2 is 0.452 bits per heavy atom. The summed E-state index contributed by atoms with van der Waals surface area (Å²) >= 11 is 0. The van der Waals surface area contributed by atoms with Crippen LogP contribution < -0.4 is 0 Å². The molecular formula is C125H73N7O3. The van der Waals surface area contributed by atoms with E-state index < -0.39 is 0 Å². The molecule has 6 heterocycles. The number of aromatic nitrogens is 7. The molecule has 29 rings (SSSR count). The molecule has 10 nitrogen and oxygen atoms in total. The van der Waals surface area contributed by atoms with Crippen molar-refractivity contribution in [1.29, 1.82) is 0 Å². The number of benzene rings is 20. The number of hydrogen-bond donors (Lipinski definition) is 0. The van der Waals surface area contributed by atoms with Crippen LogP contribution in [0.5, 0.6) is 0 Å². The maximum atomic E-state index is 7.05. The number of rotatable bonds is 8. The second kappa shape index (κ2) is 31.3. The summed E-state index contributed by atoms with van der Waals surface area (Å²) in [5.74, 6) is 4.76. The van der Waals surface area contributed by atoms with Crippen molar-refractivity contribution in [2.45, 2.75) is 0 Å². The van der Waals surface area contributed by atoms with Crippen molar-refractivity contribution in [2.75, 3.05) is 0 Å². The average Bonchev–Trinajstić information content (AvgIpc) is 1.56. The molecule has 0 atom stereocenters. The number of furan rings is 3. The van der Waals surface area contributed by atoms with Gasteiger partial charge in [0.2, 0.25) is 0 Å². The van der Waals surface area contributed by atoms with Gasteiger partial charge in [-0.25, -0.2) is 34.9 Å². The van der Waals surface area contributed by atoms with E-state index in [1.807, 2.05) is 103 Å². The van der Waals surface area contributed by atoms with Crippen molar-refractivity contribution >= 4 is 97.9 Å². The van der Waals surface area contributed by atoms with E-state index in [-0.39, 0.29) is 0 Å². The van der Waals surface area contributed by atoms with E-state index in [2.05, 4.69) is 340 Å². The largest absolute Gasteiger partial charge is 0.455 e. The minimum atomic E-state index is 0.588. The fourth-order valence-electron chi connectivity index (χ4n) is 20.8. The molecule has 0 saturated heterocycles. The van der Waals surface area contributed by atoms with Crippen LogP contribution in [0.15, 0.2) is 456 Å². The third kappa shape index (κ3) is 12.6. The van der Waals surface area contributed by atoms with Gasteiger partial charge < -0.3 is 13.3 Å². The first-order valence-electron chi connectivity index (χ1n) is 45.6. The smallest absolute Gasteiger partial charge is 0.197 e. The van der Waals surface area contributed by atoms with Crippen molar-refractivity contribution in [1.82, 2.24) is 34.9 Å². The lowest BCUT2D eigenvalue weighted by atomic mass is 9.93. The molecule has 0 unspecified atom stereocenters. The molecule has 6 aromatic heterocycles. The van der Waals surface area contributed by atoms with Crippen LogP contribution in [-0.4, -0.2) is 34.9 Å². The lowest BCUT2D eigenvalue weighted by Gasteiger charge is -2.13. The van der Waals surface area contributed by atoms with Crippen molar-refractivity contribution in [3.05, 3.63) is 443 Å². The molecule has 10 heteroatoms. The Bertz CT molecular complexity index is 9390. The predicted octanol–water partition coefficient (Wildman–Crippen LogP) is 33.3. The molecule has 0 bridgehead atoms. The molecule has 0 spiro atoms. The molecule has 135 heavy (non-hydrogen) atoms. The number of nitrogens with zero attached hydrogens (tertiary/aromatic N) is 7. The van der Waals surface area contributed by atoms with Crippen molar-refractivity contribution in [2.24, 2.45) is 0 Å². The van der Waals surface area contributed by atoms with Crippen LogP contribution in [0.4, 0.5) is 0 Å². The highest BCUT2D eigenvalue weighted by Gasteiger charge is 2.35. The van der Waals surface area contributed by atoms with Crippen LogP contribution in [0.2, 0.25) is 0 Å². The van der Waals surface area contributed by atoms with Gasteiger partial charge in [0, 0.05) is 87.8 Å². The fourth-order valence-corrected chi connectivity index (χ4v) is 20.8. The minimum Gasteiger partial charge on any atom is -0.455 e. The minimum absolute atomic E-state index is 0.588. The first-order chi connectivity index (χ1) is 67.0. The highest BCUT2D eigenvalue weighted by Crippen LogP contribution is 2.59. The second-order valence-corrected chi connectivity index (χ2v) is 34.6. The molecule has 626 valence electrons. The highest BCUT2D eigenvalue weighted by molar-refractivity contribution is 6.26. The first kappa shape index (κ1) is 76.8. The molecular weight excluding hydrogens is 1650 g/mol. The summed E-state index contributed by atoms with van der Waals surface area (Å²) in [5.41, 5.74) is 34.5. The molecule has 0 aliphatic heterocycles. The van der Waals surface area contributed by atoms with Crippen LogP contribution in [0, 0.1) is 0 Å². The van der Waals surface area contributed by atoms with E-state index in [0.717, 1.165) is 188 Å². The van der Waals surface area contributed by atoms with E-state index >= 15 is 0 Å². The monoisotopic (exact) mass is 1720 g/mol. The first-order valence-corrected chi connectivity index (χ1v) is 45.6. The summed E-state index contributed by atoms with van der Waals surface area (Å²) in [5, 5.41) is 13.4. The number of hydrogen-bond acceptors (Lipinski definition) is 10. The van der Waals surface area contributed by atoms with E-state index in [1.54, 1.807) is 0 Å².